The number of esters is 1. The normalized spacial score (nSPS) is 22.1. The highest BCUT2D eigenvalue weighted by atomic mass is 16.5. The van der Waals surface area contributed by atoms with E-state index in [1.54, 1.807) is 13.8 Å². The Morgan fingerprint density at radius 1 is 1.50 bits per heavy atom. The van der Waals surface area contributed by atoms with E-state index in [4.69, 9.17) is 9.47 Å². The Morgan fingerprint density at radius 2 is 2.17 bits per heavy atom. The molecule has 1 aliphatic heterocycles. The Bertz CT molecular complexity index is 530. The van der Waals surface area contributed by atoms with Gasteiger partial charge in [0.25, 0.3) is 0 Å². The molecule has 0 radical (unpaired) electrons. The van der Waals surface area contributed by atoms with Crippen LogP contribution in [0, 0.1) is 16.7 Å². The summed E-state index contributed by atoms with van der Waals surface area (Å²) < 4.78 is 10.5. The maximum absolute atomic E-state index is 11.9. The minimum absolute atomic E-state index is 0.337. The molecular formula is C14H15NO3. The molecule has 0 N–H and O–H groups in total. The van der Waals surface area contributed by atoms with E-state index in [0.717, 1.165) is 11.1 Å². The Kier molecular flexibility index (Phi) is 2.88. The van der Waals surface area contributed by atoms with Crippen molar-refractivity contribution in [3.63, 3.8) is 0 Å². The molecule has 0 aliphatic carbocycles. The summed E-state index contributed by atoms with van der Waals surface area (Å²) in [6.07, 6.45) is 0. The molecule has 0 spiro atoms. The SMILES string of the molecule is COC(=O)C(C)(C)C1(C#N)OCc2ccccc21. The third kappa shape index (κ3) is 1.44. The second kappa shape index (κ2) is 4.11. The highest BCUT2D eigenvalue weighted by molar-refractivity contribution is 5.79. The van der Waals surface area contributed by atoms with Crippen molar-refractivity contribution in [3.8, 4) is 6.07 Å². The molecule has 0 saturated heterocycles. The standard InChI is InChI=1S/C14H15NO3/c1-13(2,12(16)17-3)14(9-15)11-7-5-4-6-10(11)8-18-14/h4-7H,8H2,1-3H3. The average Bonchev–Trinajstić information content (AvgIpc) is 2.78. The summed E-state index contributed by atoms with van der Waals surface area (Å²) in [6, 6.07) is 9.63. The molecule has 1 atom stereocenters. The number of rotatable bonds is 2. The summed E-state index contributed by atoms with van der Waals surface area (Å²) in [6.45, 7) is 3.68. The molecule has 1 unspecified atom stereocenters. The van der Waals surface area contributed by atoms with Gasteiger partial charge in [-0.15, -0.1) is 0 Å². The topological polar surface area (TPSA) is 59.3 Å². The molecule has 1 aromatic rings. The highest BCUT2D eigenvalue weighted by Gasteiger charge is 2.57. The van der Waals surface area contributed by atoms with Gasteiger partial charge in [0.15, 0.2) is 5.60 Å². The second-order valence-corrected chi connectivity index (χ2v) is 4.86. The Balaban J connectivity index is 2.60. The molecule has 94 valence electrons. The fourth-order valence-electron chi connectivity index (χ4n) is 2.40. The van der Waals surface area contributed by atoms with E-state index in [-0.39, 0.29) is 0 Å². The summed E-state index contributed by atoms with van der Waals surface area (Å²) in [5.74, 6) is -0.458. The molecule has 1 heterocycles. The zero-order valence-electron chi connectivity index (χ0n) is 10.7. The van der Waals surface area contributed by atoms with Gasteiger partial charge in [-0.3, -0.25) is 4.79 Å². The van der Waals surface area contributed by atoms with E-state index in [1.807, 2.05) is 24.3 Å². The summed E-state index contributed by atoms with van der Waals surface area (Å²) in [7, 11) is 1.32. The molecule has 18 heavy (non-hydrogen) atoms. The monoisotopic (exact) mass is 245 g/mol. The second-order valence-electron chi connectivity index (χ2n) is 4.86. The van der Waals surface area contributed by atoms with Crippen LogP contribution in [0.1, 0.15) is 25.0 Å². The van der Waals surface area contributed by atoms with Crippen LogP contribution < -0.4 is 0 Å². The van der Waals surface area contributed by atoms with Crippen molar-refractivity contribution in [3.05, 3.63) is 35.4 Å². The number of hydrogen-bond donors (Lipinski definition) is 0. The zero-order valence-corrected chi connectivity index (χ0v) is 10.7. The predicted octanol–water partition coefficient (Wildman–Crippen LogP) is 2.13. The minimum atomic E-state index is -1.28. The number of benzene rings is 1. The molecule has 0 fully saturated rings. The lowest BCUT2D eigenvalue weighted by Crippen LogP contribution is -2.46. The van der Waals surface area contributed by atoms with Crippen molar-refractivity contribution < 1.29 is 14.3 Å². The van der Waals surface area contributed by atoms with Gasteiger partial charge < -0.3 is 9.47 Å². The van der Waals surface area contributed by atoms with Crippen LogP contribution in [-0.2, 0) is 26.5 Å². The fraction of sp³-hybridized carbons (Fsp3) is 0.429. The zero-order chi connectivity index (χ0) is 13.4. The average molecular weight is 245 g/mol. The summed E-state index contributed by atoms with van der Waals surface area (Å²) in [4.78, 5) is 11.9. The van der Waals surface area contributed by atoms with Crippen LogP contribution in [0.2, 0.25) is 0 Å². The molecule has 0 bridgehead atoms. The third-order valence-corrected chi connectivity index (χ3v) is 3.57. The van der Waals surface area contributed by atoms with Crippen LogP contribution in [-0.4, -0.2) is 13.1 Å². The van der Waals surface area contributed by atoms with Gasteiger partial charge in [0.2, 0.25) is 0 Å². The largest absolute Gasteiger partial charge is 0.468 e. The van der Waals surface area contributed by atoms with Crippen LogP contribution in [0.3, 0.4) is 0 Å². The highest BCUT2D eigenvalue weighted by Crippen LogP contribution is 2.48. The van der Waals surface area contributed by atoms with E-state index in [1.165, 1.54) is 7.11 Å². The molecule has 1 aromatic carbocycles. The summed E-state index contributed by atoms with van der Waals surface area (Å²) in [5, 5.41) is 9.56. The summed E-state index contributed by atoms with van der Waals surface area (Å²) >= 11 is 0. The van der Waals surface area contributed by atoms with Crippen LogP contribution in [0.25, 0.3) is 0 Å². The maximum atomic E-state index is 11.9. The smallest absolute Gasteiger partial charge is 0.315 e. The first kappa shape index (κ1) is 12.6. The van der Waals surface area contributed by atoms with Crippen LogP contribution >= 0.6 is 0 Å². The van der Waals surface area contributed by atoms with E-state index in [2.05, 4.69) is 6.07 Å². The van der Waals surface area contributed by atoms with E-state index < -0.39 is 17.0 Å². The first-order valence-corrected chi connectivity index (χ1v) is 5.71. The van der Waals surface area contributed by atoms with Gasteiger partial charge in [0, 0.05) is 5.56 Å². The Morgan fingerprint density at radius 3 is 2.78 bits per heavy atom. The lowest BCUT2D eigenvalue weighted by molar-refractivity contribution is -0.168. The number of carbonyl (C=O) groups is 1. The molecule has 0 saturated carbocycles. The first-order chi connectivity index (χ1) is 8.49. The molecule has 0 amide bonds. The number of methoxy groups -OCH3 is 1. The van der Waals surface area contributed by atoms with E-state index in [0.29, 0.717) is 6.61 Å². The number of nitriles is 1. The van der Waals surface area contributed by atoms with Gasteiger partial charge in [-0.1, -0.05) is 24.3 Å². The number of carbonyl (C=O) groups excluding carboxylic acids is 1. The van der Waals surface area contributed by atoms with Crippen molar-refractivity contribution in [2.24, 2.45) is 5.41 Å². The molecular weight excluding hydrogens is 230 g/mol. The molecule has 0 aromatic heterocycles. The number of ether oxygens (including phenoxy) is 2. The van der Waals surface area contributed by atoms with Crippen molar-refractivity contribution in [1.29, 1.82) is 5.26 Å². The lowest BCUT2D eigenvalue weighted by atomic mass is 9.71. The Hall–Kier alpha value is -1.86. The lowest BCUT2D eigenvalue weighted by Gasteiger charge is -2.35. The molecule has 2 rings (SSSR count). The van der Waals surface area contributed by atoms with Crippen LogP contribution in [0.5, 0.6) is 0 Å². The van der Waals surface area contributed by atoms with Gasteiger partial charge in [0.05, 0.1) is 13.7 Å². The first-order valence-electron chi connectivity index (χ1n) is 5.71. The van der Waals surface area contributed by atoms with Crippen LogP contribution in [0.4, 0.5) is 0 Å². The maximum Gasteiger partial charge on any atom is 0.315 e. The number of hydrogen-bond acceptors (Lipinski definition) is 4. The molecule has 4 nitrogen and oxygen atoms in total. The van der Waals surface area contributed by atoms with Gasteiger partial charge in [-0.25, -0.2) is 0 Å². The summed E-state index contributed by atoms with van der Waals surface area (Å²) in [5.41, 5.74) is -0.654. The van der Waals surface area contributed by atoms with Gasteiger partial charge in [-0.2, -0.15) is 5.26 Å². The quantitative estimate of drug-likeness (QED) is 0.749. The van der Waals surface area contributed by atoms with E-state index in [9.17, 15) is 10.1 Å². The minimum Gasteiger partial charge on any atom is -0.468 e. The van der Waals surface area contributed by atoms with Gasteiger partial charge in [0.1, 0.15) is 11.5 Å². The number of nitrogens with zero attached hydrogens (tertiary/aromatic N) is 1. The van der Waals surface area contributed by atoms with Crippen LogP contribution in [0.15, 0.2) is 24.3 Å². The molecule has 1 aliphatic rings. The van der Waals surface area contributed by atoms with Gasteiger partial charge >= 0.3 is 5.97 Å². The third-order valence-electron chi connectivity index (χ3n) is 3.57. The van der Waals surface area contributed by atoms with Crippen molar-refractivity contribution in [2.75, 3.05) is 7.11 Å². The van der Waals surface area contributed by atoms with Crippen molar-refractivity contribution in [2.45, 2.75) is 26.1 Å². The predicted molar refractivity (Wildman–Crippen MR) is 64.3 cm³/mol. The molecule has 4 heteroatoms. The fourth-order valence-corrected chi connectivity index (χ4v) is 2.40. The van der Waals surface area contributed by atoms with Crippen molar-refractivity contribution in [1.82, 2.24) is 0 Å². The number of fused-ring (bicyclic) bond motifs is 1. The van der Waals surface area contributed by atoms with Gasteiger partial charge in [-0.05, 0) is 19.4 Å². The van der Waals surface area contributed by atoms with Crippen molar-refractivity contribution >= 4 is 5.97 Å². The Labute approximate surface area is 106 Å². The van der Waals surface area contributed by atoms with E-state index >= 15 is 0 Å².